The lowest BCUT2D eigenvalue weighted by molar-refractivity contribution is 0.0954. The molecule has 0 saturated heterocycles. The van der Waals surface area contributed by atoms with E-state index >= 15 is 0 Å². The molecule has 1 amide bonds. The molecule has 42 heavy (non-hydrogen) atoms. The number of hydrogen-bond donors (Lipinski definition) is 1. The monoisotopic (exact) mass is 567 g/mol. The molecule has 9 heteroatoms. The summed E-state index contributed by atoms with van der Waals surface area (Å²) in [5, 5.41) is 3.27. The summed E-state index contributed by atoms with van der Waals surface area (Å²) in [6.07, 6.45) is 0.605. The minimum Gasteiger partial charge on any atom is -0.493 e. The van der Waals surface area contributed by atoms with Gasteiger partial charge in [-0.1, -0.05) is 48.5 Å². The topological polar surface area (TPSA) is 91.6 Å². The Labute approximate surface area is 241 Å². The minimum absolute atomic E-state index is 0.000967. The Morgan fingerprint density at radius 1 is 0.786 bits per heavy atom. The van der Waals surface area contributed by atoms with Crippen LogP contribution in [0, 0.1) is 5.82 Å². The van der Waals surface area contributed by atoms with Gasteiger partial charge in [-0.2, -0.15) is 0 Å². The van der Waals surface area contributed by atoms with E-state index in [1.54, 1.807) is 80.9 Å². The molecule has 5 rings (SSSR count). The van der Waals surface area contributed by atoms with Crippen molar-refractivity contribution in [1.82, 2.24) is 14.5 Å². The summed E-state index contributed by atoms with van der Waals surface area (Å²) in [7, 11) is 3.15. The van der Waals surface area contributed by atoms with Crippen LogP contribution in [0.2, 0.25) is 0 Å². The molecule has 8 nitrogen and oxygen atoms in total. The minimum atomic E-state index is -0.543. The first-order valence-electron chi connectivity index (χ1n) is 13.4. The first kappa shape index (κ1) is 28.4. The van der Waals surface area contributed by atoms with Gasteiger partial charge in [0.05, 0.1) is 38.2 Å². The fourth-order valence-corrected chi connectivity index (χ4v) is 4.86. The molecule has 1 heterocycles. The third-order valence-electron chi connectivity index (χ3n) is 7.12. The zero-order valence-corrected chi connectivity index (χ0v) is 23.3. The van der Waals surface area contributed by atoms with Crippen LogP contribution in [0.25, 0.3) is 10.9 Å². The van der Waals surface area contributed by atoms with Crippen LogP contribution in [0.1, 0.15) is 27.0 Å². The lowest BCUT2D eigenvalue weighted by atomic mass is 10.1. The summed E-state index contributed by atoms with van der Waals surface area (Å²) in [5.41, 5.74) is 1.92. The molecular formula is C33H30FN3O5. The van der Waals surface area contributed by atoms with Crippen molar-refractivity contribution in [3.8, 4) is 11.5 Å². The molecule has 1 N–H and O–H groups in total. The summed E-state index contributed by atoms with van der Waals surface area (Å²) in [6.45, 7) is 0.403. The number of fused-ring (bicyclic) bond motifs is 1. The molecule has 0 atom stereocenters. The normalized spacial score (nSPS) is 10.9. The zero-order valence-electron chi connectivity index (χ0n) is 23.3. The molecule has 0 radical (unpaired) electrons. The van der Waals surface area contributed by atoms with Crippen molar-refractivity contribution >= 4 is 16.8 Å². The number of halogens is 1. The second-order valence-electron chi connectivity index (χ2n) is 9.76. The van der Waals surface area contributed by atoms with Crippen LogP contribution in [0.15, 0.2) is 101 Å². The Morgan fingerprint density at radius 3 is 2.21 bits per heavy atom. The Kier molecular flexibility index (Phi) is 8.47. The summed E-state index contributed by atoms with van der Waals surface area (Å²) >= 11 is 0. The van der Waals surface area contributed by atoms with E-state index in [1.807, 2.05) is 18.2 Å². The highest BCUT2D eigenvalue weighted by Crippen LogP contribution is 2.27. The van der Waals surface area contributed by atoms with Crippen LogP contribution in [0.4, 0.5) is 4.39 Å². The highest BCUT2D eigenvalue weighted by molar-refractivity contribution is 5.94. The van der Waals surface area contributed by atoms with E-state index < -0.39 is 17.1 Å². The van der Waals surface area contributed by atoms with Crippen LogP contribution in [0.3, 0.4) is 0 Å². The van der Waals surface area contributed by atoms with E-state index in [-0.39, 0.29) is 19.0 Å². The van der Waals surface area contributed by atoms with Crippen molar-refractivity contribution in [2.75, 3.05) is 20.8 Å². The highest BCUT2D eigenvalue weighted by Gasteiger charge is 2.15. The van der Waals surface area contributed by atoms with Crippen molar-refractivity contribution < 1.29 is 18.7 Å². The second-order valence-corrected chi connectivity index (χ2v) is 9.76. The third kappa shape index (κ3) is 5.95. The molecule has 0 unspecified atom stereocenters. The molecule has 4 aromatic carbocycles. The van der Waals surface area contributed by atoms with Gasteiger partial charge in [-0.3, -0.25) is 18.7 Å². The summed E-state index contributed by atoms with van der Waals surface area (Å²) < 4.78 is 27.6. The summed E-state index contributed by atoms with van der Waals surface area (Å²) in [4.78, 5) is 39.6. The van der Waals surface area contributed by atoms with Gasteiger partial charge in [0.25, 0.3) is 11.5 Å². The molecule has 1 aromatic heterocycles. The number of benzene rings is 4. The van der Waals surface area contributed by atoms with Gasteiger partial charge in [0.2, 0.25) is 0 Å². The average molecular weight is 568 g/mol. The van der Waals surface area contributed by atoms with Gasteiger partial charge < -0.3 is 14.8 Å². The van der Waals surface area contributed by atoms with Gasteiger partial charge in [-0.25, -0.2) is 9.18 Å². The Hall–Kier alpha value is -5.18. The maximum atomic E-state index is 14.4. The number of hydrogen-bond acceptors (Lipinski definition) is 5. The number of amides is 1. The molecule has 0 aliphatic heterocycles. The lowest BCUT2D eigenvalue weighted by Crippen LogP contribution is -2.40. The maximum absolute atomic E-state index is 14.4. The van der Waals surface area contributed by atoms with Crippen LogP contribution in [-0.4, -0.2) is 35.8 Å². The third-order valence-corrected chi connectivity index (χ3v) is 7.12. The predicted molar refractivity (Wildman–Crippen MR) is 159 cm³/mol. The number of nitrogens with one attached hydrogen (secondary N) is 1. The molecule has 0 bridgehead atoms. The van der Waals surface area contributed by atoms with Gasteiger partial charge in [0.1, 0.15) is 5.82 Å². The smallest absolute Gasteiger partial charge is 0.332 e. The predicted octanol–water partition coefficient (Wildman–Crippen LogP) is 4.39. The molecule has 0 saturated carbocycles. The number of carbonyl (C=O) groups is 1. The zero-order chi connectivity index (χ0) is 29.6. The van der Waals surface area contributed by atoms with Crippen LogP contribution < -0.4 is 26.0 Å². The van der Waals surface area contributed by atoms with Crippen LogP contribution in [0.5, 0.6) is 11.5 Å². The fourth-order valence-electron chi connectivity index (χ4n) is 4.86. The second kappa shape index (κ2) is 12.6. The van der Waals surface area contributed by atoms with Gasteiger partial charge >= 0.3 is 5.69 Å². The van der Waals surface area contributed by atoms with Gasteiger partial charge in [-0.05, 0) is 60.0 Å². The summed E-state index contributed by atoms with van der Waals surface area (Å²) in [6, 6.07) is 25.4. The number of rotatable bonds is 10. The van der Waals surface area contributed by atoms with Crippen molar-refractivity contribution in [1.29, 1.82) is 0 Å². The highest BCUT2D eigenvalue weighted by atomic mass is 19.1. The summed E-state index contributed by atoms with van der Waals surface area (Å²) in [5.74, 6) is 0.600. The lowest BCUT2D eigenvalue weighted by Gasteiger charge is -2.15. The number of nitrogens with zero attached hydrogens (tertiary/aromatic N) is 2. The maximum Gasteiger partial charge on any atom is 0.332 e. The van der Waals surface area contributed by atoms with Gasteiger partial charge in [-0.15, -0.1) is 0 Å². The quantitative estimate of drug-likeness (QED) is 0.270. The van der Waals surface area contributed by atoms with Crippen LogP contribution in [-0.2, 0) is 19.5 Å². The Bertz CT molecular complexity index is 1860. The van der Waals surface area contributed by atoms with E-state index in [0.29, 0.717) is 52.1 Å². The SMILES string of the molecule is COc1ccc(CCNC(=O)c2ccc(Cn3c(=O)c4ccccc4n(Cc4ccccc4F)c3=O)cc2)cc1OC. The fraction of sp³-hybridized carbons (Fsp3) is 0.182. The van der Waals surface area contributed by atoms with Crippen LogP contribution >= 0.6 is 0 Å². The molecule has 214 valence electrons. The van der Waals surface area contributed by atoms with E-state index in [9.17, 15) is 18.8 Å². The standard InChI is InChI=1S/C33H30FN3O5/c1-41-29-16-13-22(19-30(29)42-2)17-18-35-31(38)24-14-11-23(12-15-24)20-37-32(39)26-8-4-6-10-28(26)36(33(37)40)21-25-7-3-5-9-27(25)34/h3-16,19H,17-18,20-21H2,1-2H3,(H,35,38). The van der Waals surface area contributed by atoms with E-state index in [2.05, 4.69) is 5.32 Å². The number of aromatic nitrogens is 2. The first-order valence-corrected chi connectivity index (χ1v) is 13.4. The number of ether oxygens (including phenoxy) is 2. The van der Waals surface area contributed by atoms with E-state index in [0.717, 1.165) is 10.1 Å². The van der Waals surface area contributed by atoms with Crippen molar-refractivity contribution in [3.63, 3.8) is 0 Å². The largest absolute Gasteiger partial charge is 0.493 e. The number of carbonyl (C=O) groups excluding carboxylic acids is 1. The molecule has 0 aliphatic carbocycles. The van der Waals surface area contributed by atoms with Crippen molar-refractivity contribution in [3.05, 3.63) is 140 Å². The van der Waals surface area contributed by atoms with Gasteiger partial charge in [0.15, 0.2) is 11.5 Å². The molecule has 0 spiro atoms. The van der Waals surface area contributed by atoms with Crippen molar-refractivity contribution in [2.45, 2.75) is 19.5 Å². The number of methoxy groups -OCH3 is 2. The number of para-hydroxylation sites is 1. The first-order chi connectivity index (χ1) is 20.4. The van der Waals surface area contributed by atoms with E-state index in [4.69, 9.17) is 9.47 Å². The molecule has 0 fully saturated rings. The average Bonchev–Trinajstić information content (AvgIpc) is 3.02. The van der Waals surface area contributed by atoms with E-state index in [1.165, 1.54) is 10.6 Å². The van der Waals surface area contributed by atoms with Gasteiger partial charge in [0, 0.05) is 17.7 Å². The Morgan fingerprint density at radius 2 is 1.48 bits per heavy atom. The Balaban J connectivity index is 1.32. The molecule has 5 aromatic rings. The molecular weight excluding hydrogens is 537 g/mol. The molecule has 0 aliphatic rings. The van der Waals surface area contributed by atoms with Crippen molar-refractivity contribution in [2.24, 2.45) is 0 Å².